The third-order valence-electron chi connectivity index (χ3n) is 4.90. The number of nitrogens with zero attached hydrogens (tertiary/aromatic N) is 2. The SMILES string of the molecule is CCCS(=O)(=O)N1CCC2(CC1)C[C@H](OCc1ccncc1)CO2. The van der Waals surface area contributed by atoms with Crippen LogP contribution >= 0.6 is 0 Å². The van der Waals surface area contributed by atoms with E-state index in [0.29, 0.717) is 32.7 Å². The van der Waals surface area contributed by atoms with Crippen LogP contribution in [0.2, 0.25) is 0 Å². The van der Waals surface area contributed by atoms with Crippen LogP contribution in [0.25, 0.3) is 0 Å². The third-order valence-corrected chi connectivity index (χ3v) is 6.98. The van der Waals surface area contributed by atoms with Gasteiger partial charge >= 0.3 is 0 Å². The van der Waals surface area contributed by atoms with E-state index in [4.69, 9.17) is 9.47 Å². The van der Waals surface area contributed by atoms with Gasteiger partial charge in [0.1, 0.15) is 0 Å². The lowest BCUT2D eigenvalue weighted by Gasteiger charge is -2.37. The molecule has 134 valence electrons. The fraction of sp³-hybridized carbons (Fsp3) is 0.706. The smallest absolute Gasteiger partial charge is 0.214 e. The van der Waals surface area contributed by atoms with Gasteiger partial charge in [0.25, 0.3) is 0 Å². The van der Waals surface area contributed by atoms with Crippen molar-refractivity contribution in [3.63, 3.8) is 0 Å². The van der Waals surface area contributed by atoms with Crippen LogP contribution in [0, 0.1) is 0 Å². The maximum Gasteiger partial charge on any atom is 0.214 e. The van der Waals surface area contributed by atoms with Gasteiger partial charge in [-0.2, -0.15) is 0 Å². The Morgan fingerprint density at radius 1 is 1.33 bits per heavy atom. The van der Waals surface area contributed by atoms with Crippen molar-refractivity contribution in [2.24, 2.45) is 0 Å². The van der Waals surface area contributed by atoms with Crippen LogP contribution in [-0.2, 0) is 26.1 Å². The zero-order chi connectivity index (χ0) is 17.0. The molecule has 2 saturated heterocycles. The first-order valence-electron chi connectivity index (χ1n) is 8.65. The Morgan fingerprint density at radius 2 is 2.04 bits per heavy atom. The Balaban J connectivity index is 1.49. The van der Waals surface area contributed by atoms with Crippen molar-refractivity contribution in [1.29, 1.82) is 0 Å². The molecule has 1 aromatic rings. The van der Waals surface area contributed by atoms with Crippen molar-refractivity contribution in [2.45, 2.75) is 50.9 Å². The van der Waals surface area contributed by atoms with E-state index in [9.17, 15) is 8.42 Å². The molecule has 6 nitrogen and oxygen atoms in total. The molecule has 0 aliphatic carbocycles. The fourth-order valence-electron chi connectivity index (χ4n) is 3.51. The zero-order valence-corrected chi connectivity index (χ0v) is 15.0. The Morgan fingerprint density at radius 3 is 2.71 bits per heavy atom. The van der Waals surface area contributed by atoms with Gasteiger partial charge in [-0.05, 0) is 37.0 Å². The van der Waals surface area contributed by atoms with Gasteiger partial charge in [-0.15, -0.1) is 0 Å². The molecule has 2 aliphatic rings. The molecule has 0 bridgehead atoms. The minimum atomic E-state index is -3.10. The summed E-state index contributed by atoms with van der Waals surface area (Å²) in [4.78, 5) is 4.00. The molecule has 3 rings (SSSR count). The quantitative estimate of drug-likeness (QED) is 0.781. The molecule has 7 heteroatoms. The Bertz CT molecular complexity index is 627. The Kier molecular flexibility index (Phi) is 5.54. The number of pyridine rings is 1. The molecule has 0 unspecified atom stereocenters. The first-order chi connectivity index (χ1) is 11.5. The van der Waals surface area contributed by atoms with Crippen molar-refractivity contribution in [3.8, 4) is 0 Å². The minimum absolute atomic E-state index is 0.0805. The molecule has 1 atom stereocenters. The molecule has 0 radical (unpaired) electrons. The predicted octanol–water partition coefficient (Wildman–Crippen LogP) is 1.96. The van der Waals surface area contributed by atoms with Gasteiger partial charge in [-0.25, -0.2) is 12.7 Å². The van der Waals surface area contributed by atoms with Gasteiger partial charge in [0.2, 0.25) is 10.0 Å². The summed E-state index contributed by atoms with van der Waals surface area (Å²) in [5, 5.41) is 0. The molecule has 0 saturated carbocycles. The van der Waals surface area contributed by atoms with Gasteiger partial charge in [0, 0.05) is 31.9 Å². The fourth-order valence-corrected chi connectivity index (χ4v) is 5.02. The van der Waals surface area contributed by atoms with Gasteiger partial charge in [-0.3, -0.25) is 4.98 Å². The average Bonchev–Trinajstić information content (AvgIpc) is 2.97. The highest BCUT2D eigenvalue weighted by atomic mass is 32.2. The second kappa shape index (κ2) is 7.47. The van der Waals surface area contributed by atoms with E-state index < -0.39 is 10.0 Å². The molecule has 1 aromatic heterocycles. The second-order valence-electron chi connectivity index (χ2n) is 6.70. The monoisotopic (exact) mass is 354 g/mol. The number of hydrogen-bond acceptors (Lipinski definition) is 5. The standard InChI is InChI=1S/C17H26N2O4S/c1-2-11-24(20,21)19-9-5-17(6-10-19)12-16(14-23-17)22-13-15-3-7-18-8-4-15/h3-4,7-8,16H,2,5-6,9-14H2,1H3/t16-/m0/s1. The molecule has 0 aromatic carbocycles. The summed E-state index contributed by atoms with van der Waals surface area (Å²) in [5.74, 6) is 0.235. The van der Waals surface area contributed by atoms with E-state index in [-0.39, 0.29) is 17.5 Å². The normalized spacial score (nSPS) is 24.5. The lowest BCUT2D eigenvalue weighted by molar-refractivity contribution is -0.0343. The summed E-state index contributed by atoms with van der Waals surface area (Å²) in [6.07, 6.45) is 6.62. The van der Waals surface area contributed by atoms with E-state index in [1.807, 2.05) is 19.1 Å². The van der Waals surface area contributed by atoms with E-state index in [1.165, 1.54) is 0 Å². The van der Waals surface area contributed by atoms with Crippen molar-refractivity contribution in [3.05, 3.63) is 30.1 Å². The summed E-state index contributed by atoms with van der Waals surface area (Å²) in [5.41, 5.74) is 0.896. The predicted molar refractivity (Wildman–Crippen MR) is 91.0 cm³/mol. The van der Waals surface area contributed by atoms with Gasteiger partial charge < -0.3 is 9.47 Å². The highest BCUT2D eigenvalue weighted by molar-refractivity contribution is 7.89. The summed E-state index contributed by atoms with van der Waals surface area (Å²) in [6.45, 7) is 4.16. The van der Waals surface area contributed by atoms with Gasteiger partial charge in [-0.1, -0.05) is 6.92 Å². The zero-order valence-electron chi connectivity index (χ0n) is 14.2. The molecular formula is C17H26N2O4S. The summed E-state index contributed by atoms with van der Waals surface area (Å²) < 4.78 is 38.0. The van der Waals surface area contributed by atoms with Crippen molar-refractivity contribution in [1.82, 2.24) is 9.29 Å². The highest BCUT2D eigenvalue weighted by Crippen LogP contribution is 2.37. The van der Waals surface area contributed by atoms with E-state index in [1.54, 1.807) is 16.7 Å². The maximum absolute atomic E-state index is 12.2. The van der Waals surface area contributed by atoms with Crippen LogP contribution in [0.5, 0.6) is 0 Å². The number of sulfonamides is 1. The molecular weight excluding hydrogens is 328 g/mol. The number of aromatic nitrogens is 1. The van der Waals surface area contributed by atoms with Gasteiger partial charge in [0.05, 0.1) is 30.7 Å². The lowest BCUT2D eigenvalue weighted by atomic mass is 9.89. The van der Waals surface area contributed by atoms with Crippen LogP contribution in [0.15, 0.2) is 24.5 Å². The topological polar surface area (TPSA) is 68.7 Å². The molecule has 3 heterocycles. The van der Waals surface area contributed by atoms with Crippen LogP contribution in [0.3, 0.4) is 0 Å². The Hall–Kier alpha value is -1.02. The number of rotatable bonds is 6. The van der Waals surface area contributed by atoms with Crippen molar-refractivity contribution in [2.75, 3.05) is 25.4 Å². The first-order valence-corrected chi connectivity index (χ1v) is 10.3. The number of ether oxygens (including phenoxy) is 2. The highest BCUT2D eigenvalue weighted by Gasteiger charge is 2.44. The van der Waals surface area contributed by atoms with E-state index in [2.05, 4.69) is 4.98 Å². The van der Waals surface area contributed by atoms with Crippen LogP contribution in [0.1, 0.15) is 38.2 Å². The average molecular weight is 354 g/mol. The van der Waals surface area contributed by atoms with Crippen molar-refractivity contribution < 1.29 is 17.9 Å². The van der Waals surface area contributed by atoms with Gasteiger partial charge in [0.15, 0.2) is 0 Å². The summed E-state index contributed by atoms with van der Waals surface area (Å²) in [6, 6.07) is 3.89. The van der Waals surface area contributed by atoms with E-state index in [0.717, 1.165) is 24.8 Å². The second-order valence-corrected chi connectivity index (χ2v) is 8.79. The number of piperidine rings is 1. The molecule has 0 amide bonds. The molecule has 24 heavy (non-hydrogen) atoms. The third kappa shape index (κ3) is 4.14. The summed E-state index contributed by atoms with van der Waals surface area (Å²) in [7, 11) is -3.10. The molecule has 0 N–H and O–H groups in total. The maximum atomic E-state index is 12.2. The van der Waals surface area contributed by atoms with Crippen LogP contribution in [0.4, 0.5) is 0 Å². The minimum Gasteiger partial charge on any atom is -0.372 e. The molecule has 1 spiro atoms. The van der Waals surface area contributed by atoms with E-state index >= 15 is 0 Å². The molecule has 2 fully saturated rings. The largest absolute Gasteiger partial charge is 0.372 e. The first kappa shape index (κ1) is 17.8. The Labute approximate surface area is 144 Å². The summed E-state index contributed by atoms with van der Waals surface area (Å²) >= 11 is 0. The number of hydrogen-bond donors (Lipinski definition) is 0. The van der Waals surface area contributed by atoms with Crippen LogP contribution in [-0.4, -0.2) is 54.9 Å². The van der Waals surface area contributed by atoms with Crippen molar-refractivity contribution >= 4 is 10.0 Å². The lowest BCUT2D eigenvalue weighted by Crippen LogP contribution is -2.47. The molecule has 2 aliphatic heterocycles. The van der Waals surface area contributed by atoms with Crippen LogP contribution < -0.4 is 0 Å².